The molecule has 1 aromatic carbocycles. The smallest absolute Gasteiger partial charge is 0.222 e. The minimum absolute atomic E-state index is 0.00972. The highest BCUT2D eigenvalue weighted by molar-refractivity contribution is 5.89. The molecule has 5 heteroatoms. The molecule has 3 N–H and O–H groups in total. The Bertz CT molecular complexity index is 458. The maximum atomic E-state index is 11.4. The van der Waals surface area contributed by atoms with Crippen molar-refractivity contribution in [3.63, 3.8) is 0 Å². The number of hydrogen-bond donors (Lipinski definition) is 3. The summed E-state index contributed by atoms with van der Waals surface area (Å²) >= 11 is 0. The summed E-state index contributed by atoms with van der Waals surface area (Å²) < 4.78 is 0. The van der Waals surface area contributed by atoms with E-state index >= 15 is 0 Å². The van der Waals surface area contributed by atoms with E-state index in [0.29, 0.717) is 19.6 Å². The first-order valence-corrected chi connectivity index (χ1v) is 6.84. The van der Waals surface area contributed by atoms with Crippen molar-refractivity contribution >= 4 is 17.5 Å². The van der Waals surface area contributed by atoms with Gasteiger partial charge in [0.25, 0.3) is 0 Å². The first-order valence-electron chi connectivity index (χ1n) is 6.84. The molecule has 0 bridgehead atoms. The highest BCUT2D eigenvalue weighted by Gasteiger charge is 2.05. The molecule has 0 aliphatic rings. The Balaban J connectivity index is 2.35. The molecule has 5 nitrogen and oxygen atoms in total. The lowest BCUT2D eigenvalue weighted by Gasteiger charge is -2.11. The van der Waals surface area contributed by atoms with Gasteiger partial charge in [-0.1, -0.05) is 32.0 Å². The van der Waals surface area contributed by atoms with Gasteiger partial charge < -0.3 is 16.0 Å². The summed E-state index contributed by atoms with van der Waals surface area (Å²) in [6.45, 7) is 7.16. The van der Waals surface area contributed by atoms with Crippen LogP contribution in [0.5, 0.6) is 0 Å². The monoisotopic (exact) mass is 277 g/mol. The van der Waals surface area contributed by atoms with E-state index < -0.39 is 0 Å². The molecular weight excluding hydrogens is 254 g/mol. The van der Waals surface area contributed by atoms with Gasteiger partial charge in [0.05, 0.1) is 0 Å². The van der Waals surface area contributed by atoms with E-state index in [1.54, 1.807) is 0 Å². The molecule has 0 radical (unpaired) electrons. The van der Waals surface area contributed by atoms with Crippen molar-refractivity contribution in [2.24, 2.45) is 5.92 Å². The van der Waals surface area contributed by atoms with Gasteiger partial charge in [0.1, 0.15) is 0 Å². The Morgan fingerprint density at radius 1 is 1.15 bits per heavy atom. The summed E-state index contributed by atoms with van der Waals surface area (Å²) in [7, 11) is 0. The Morgan fingerprint density at radius 3 is 2.50 bits per heavy atom. The summed E-state index contributed by atoms with van der Waals surface area (Å²) in [6, 6.07) is 7.66. The van der Waals surface area contributed by atoms with Crippen LogP contribution in [0.3, 0.4) is 0 Å². The molecule has 0 atom stereocenters. The number of anilines is 1. The SMILES string of the molecule is CC(=O)Nc1ccccc1CNCCNC(=O)C(C)C. The Labute approximate surface area is 120 Å². The van der Waals surface area contributed by atoms with Crippen LogP contribution in [0.15, 0.2) is 24.3 Å². The Hall–Kier alpha value is -1.88. The third-order valence-corrected chi connectivity index (χ3v) is 2.77. The van der Waals surface area contributed by atoms with Gasteiger partial charge in [-0.25, -0.2) is 0 Å². The number of para-hydroxylation sites is 1. The van der Waals surface area contributed by atoms with Crippen molar-refractivity contribution in [3.05, 3.63) is 29.8 Å². The third-order valence-electron chi connectivity index (χ3n) is 2.77. The number of amides is 2. The lowest BCUT2D eigenvalue weighted by Crippen LogP contribution is -2.34. The molecule has 110 valence electrons. The molecule has 2 amide bonds. The lowest BCUT2D eigenvalue weighted by atomic mass is 10.1. The van der Waals surface area contributed by atoms with Crippen molar-refractivity contribution in [1.29, 1.82) is 0 Å². The number of carbonyl (C=O) groups excluding carboxylic acids is 2. The van der Waals surface area contributed by atoms with Gasteiger partial charge in [-0.15, -0.1) is 0 Å². The van der Waals surface area contributed by atoms with E-state index in [1.165, 1.54) is 6.92 Å². The van der Waals surface area contributed by atoms with E-state index in [-0.39, 0.29) is 17.7 Å². The predicted octanol–water partition coefficient (Wildman–Crippen LogP) is 1.51. The molecule has 0 saturated carbocycles. The Morgan fingerprint density at radius 2 is 1.85 bits per heavy atom. The number of carbonyl (C=O) groups is 2. The minimum Gasteiger partial charge on any atom is -0.355 e. The van der Waals surface area contributed by atoms with Crippen molar-refractivity contribution in [2.75, 3.05) is 18.4 Å². The number of hydrogen-bond acceptors (Lipinski definition) is 3. The summed E-state index contributed by atoms with van der Waals surface area (Å²) in [4.78, 5) is 22.5. The van der Waals surface area contributed by atoms with E-state index in [2.05, 4.69) is 16.0 Å². The maximum absolute atomic E-state index is 11.4. The molecule has 0 aliphatic carbocycles. The van der Waals surface area contributed by atoms with Crippen LogP contribution in [-0.2, 0) is 16.1 Å². The quantitative estimate of drug-likeness (QED) is 0.662. The zero-order valence-corrected chi connectivity index (χ0v) is 12.3. The van der Waals surface area contributed by atoms with Gasteiger partial charge in [0.2, 0.25) is 11.8 Å². The van der Waals surface area contributed by atoms with Crippen LogP contribution in [0.25, 0.3) is 0 Å². The molecule has 1 rings (SSSR count). The molecule has 0 aliphatic heterocycles. The van der Waals surface area contributed by atoms with Crippen LogP contribution in [0.4, 0.5) is 5.69 Å². The molecule has 0 heterocycles. The second kappa shape index (κ2) is 8.32. The molecular formula is C15H23N3O2. The van der Waals surface area contributed by atoms with Gasteiger partial charge in [-0.2, -0.15) is 0 Å². The van der Waals surface area contributed by atoms with Gasteiger partial charge in [0, 0.05) is 38.2 Å². The fourth-order valence-corrected chi connectivity index (χ4v) is 1.69. The third kappa shape index (κ3) is 5.84. The lowest BCUT2D eigenvalue weighted by molar-refractivity contribution is -0.124. The molecule has 20 heavy (non-hydrogen) atoms. The van der Waals surface area contributed by atoms with Crippen molar-refractivity contribution in [2.45, 2.75) is 27.3 Å². The molecule has 0 spiro atoms. The van der Waals surface area contributed by atoms with Crippen LogP contribution < -0.4 is 16.0 Å². The molecule has 0 unspecified atom stereocenters. The van der Waals surface area contributed by atoms with E-state index in [0.717, 1.165) is 11.3 Å². The first kappa shape index (κ1) is 16.2. The van der Waals surface area contributed by atoms with E-state index in [9.17, 15) is 9.59 Å². The van der Waals surface area contributed by atoms with Crippen LogP contribution >= 0.6 is 0 Å². The first-order chi connectivity index (χ1) is 9.50. The van der Waals surface area contributed by atoms with Gasteiger partial charge in [-0.3, -0.25) is 9.59 Å². The normalized spacial score (nSPS) is 10.4. The van der Waals surface area contributed by atoms with Crippen molar-refractivity contribution in [1.82, 2.24) is 10.6 Å². The van der Waals surface area contributed by atoms with E-state index in [1.807, 2.05) is 38.1 Å². The van der Waals surface area contributed by atoms with Gasteiger partial charge in [0.15, 0.2) is 0 Å². The molecule has 0 fully saturated rings. The molecule has 0 aromatic heterocycles. The van der Waals surface area contributed by atoms with Crippen molar-refractivity contribution < 1.29 is 9.59 Å². The van der Waals surface area contributed by atoms with Crippen LogP contribution in [0, 0.1) is 5.92 Å². The second-order valence-corrected chi connectivity index (χ2v) is 4.96. The largest absolute Gasteiger partial charge is 0.355 e. The average Bonchev–Trinajstić information content (AvgIpc) is 2.39. The van der Waals surface area contributed by atoms with E-state index in [4.69, 9.17) is 0 Å². The van der Waals surface area contributed by atoms with Gasteiger partial charge >= 0.3 is 0 Å². The van der Waals surface area contributed by atoms with Crippen LogP contribution in [0.2, 0.25) is 0 Å². The van der Waals surface area contributed by atoms with Gasteiger partial charge in [-0.05, 0) is 11.6 Å². The molecule has 0 saturated heterocycles. The van der Waals surface area contributed by atoms with Crippen LogP contribution in [-0.4, -0.2) is 24.9 Å². The Kier molecular flexibility index (Phi) is 6.73. The number of nitrogens with one attached hydrogen (secondary N) is 3. The number of benzene rings is 1. The fourth-order valence-electron chi connectivity index (χ4n) is 1.69. The van der Waals surface area contributed by atoms with Crippen LogP contribution in [0.1, 0.15) is 26.3 Å². The molecule has 1 aromatic rings. The summed E-state index contributed by atoms with van der Waals surface area (Å²) in [5.74, 6) is -0.0115. The summed E-state index contributed by atoms with van der Waals surface area (Å²) in [5.41, 5.74) is 1.84. The highest BCUT2D eigenvalue weighted by Crippen LogP contribution is 2.14. The minimum atomic E-state index is -0.0818. The van der Waals surface area contributed by atoms with Crippen molar-refractivity contribution in [3.8, 4) is 0 Å². The second-order valence-electron chi connectivity index (χ2n) is 4.96. The predicted molar refractivity (Wildman–Crippen MR) is 80.3 cm³/mol. The maximum Gasteiger partial charge on any atom is 0.222 e. The number of rotatable bonds is 7. The standard InChI is InChI=1S/C15H23N3O2/c1-11(2)15(20)17-9-8-16-10-13-6-4-5-7-14(13)18-12(3)19/h4-7,11,16H,8-10H2,1-3H3,(H,17,20)(H,18,19). The summed E-state index contributed by atoms with van der Waals surface area (Å²) in [5, 5.41) is 8.89. The zero-order valence-electron chi connectivity index (χ0n) is 12.3. The average molecular weight is 277 g/mol. The highest BCUT2D eigenvalue weighted by atomic mass is 16.2. The topological polar surface area (TPSA) is 70.2 Å². The summed E-state index contributed by atoms with van der Waals surface area (Å²) in [6.07, 6.45) is 0. The zero-order chi connectivity index (χ0) is 15.0. The fraction of sp³-hybridized carbons (Fsp3) is 0.467.